The first kappa shape index (κ1) is 17.3. The molecule has 0 aromatic heterocycles. The van der Waals surface area contributed by atoms with Crippen molar-refractivity contribution in [3.05, 3.63) is 95.6 Å². The van der Waals surface area contributed by atoms with Gasteiger partial charge in [-0.3, -0.25) is 0 Å². The molecule has 0 saturated carbocycles. The van der Waals surface area contributed by atoms with Crippen LogP contribution >= 0.6 is 11.8 Å². The van der Waals surface area contributed by atoms with Crippen LogP contribution < -0.4 is 10.3 Å². The van der Waals surface area contributed by atoms with Gasteiger partial charge in [-0.1, -0.05) is 54.6 Å². The van der Waals surface area contributed by atoms with Gasteiger partial charge in [-0.15, -0.1) is 0 Å². The van der Waals surface area contributed by atoms with Crippen LogP contribution in [0.25, 0.3) is 0 Å². The zero-order valence-corrected chi connectivity index (χ0v) is 15.4. The highest BCUT2D eigenvalue weighted by Crippen LogP contribution is 2.16. The lowest BCUT2D eigenvalue weighted by Crippen LogP contribution is -2.67. The smallest absolute Gasteiger partial charge is 0.235 e. The lowest BCUT2D eigenvalue weighted by Gasteiger charge is -2.05. The van der Waals surface area contributed by atoms with Gasteiger partial charge in [-0.25, -0.2) is 10.3 Å². The van der Waals surface area contributed by atoms with E-state index in [2.05, 4.69) is 103 Å². The van der Waals surface area contributed by atoms with Crippen molar-refractivity contribution in [3.63, 3.8) is 0 Å². The fourth-order valence-electron chi connectivity index (χ4n) is 2.54. The van der Waals surface area contributed by atoms with E-state index in [-0.39, 0.29) is 0 Å². The Balaban J connectivity index is 1.82. The van der Waals surface area contributed by atoms with E-state index in [1.165, 1.54) is 16.7 Å². The van der Waals surface area contributed by atoms with Gasteiger partial charge in [0, 0.05) is 5.75 Å². The van der Waals surface area contributed by atoms with Crippen molar-refractivity contribution in [3.8, 4) is 0 Å². The van der Waals surface area contributed by atoms with Crippen LogP contribution in [0.15, 0.2) is 78.9 Å². The van der Waals surface area contributed by atoms with Gasteiger partial charge in [0.1, 0.15) is 11.4 Å². The molecule has 0 heterocycles. The van der Waals surface area contributed by atoms with E-state index in [0.29, 0.717) is 0 Å². The van der Waals surface area contributed by atoms with Crippen LogP contribution in [0.1, 0.15) is 16.7 Å². The SMILES string of the molecule is Cc1cccc(NC(=[NH+]c2cccc(C)c2)SCc2ccccc2)c1. The predicted molar refractivity (Wildman–Crippen MR) is 109 cm³/mol. The van der Waals surface area contributed by atoms with Crippen LogP contribution in [0.5, 0.6) is 0 Å². The summed E-state index contributed by atoms with van der Waals surface area (Å²) in [5.41, 5.74) is 5.98. The van der Waals surface area contributed by atoms with Crippen LogP contribution in [-0.4, -0.2) is 5.17 Å². The Morgan fingerprint density at radius 3 is 2.28 bits per heavy atom. The molecule has 0 fully saturated rings. The van der Waals surface area contributed by atoms with Gasteiger partial charge < -0.3 is 0 Å². The number of benzene rings is 3. The van der Waals surface area contributed by atoms with Crippen LogP contribution in [0.4, 0.5) is 11.4 Å². The molecule has 2 N–H and O–H groups in total. The standard InChI is InChI=1S/C22H22N2S/c1-17-8-6-12-20(14-17)23-22(24-21-13-7-9-18(2)15-21)25-16-19-10-4-3-5-11-19/h3-15H,16H2,1-2H3,(H,23,24)/p+1. The molecule has 0 saturated heterocycles. The molecule has 0 aliphatic heterocycles. The number of hydrogen-bond acceptors (Lipinski definition) is 1. The second kappa shape index (κ2) is 8.54. The molecule has 0 atom stereocenters. The molecular weight excluding hydrogens is 324 g/mol. The monoisotopic (exact) mass is 347 g/mol. The molecule has 0 aliphatic rings. The summed E-state index contributed by atoms with van der Waals surface area (Å²) in [5, 5.41) is 4.55. The van der Waals surface area contributed by atoms with Gasteiger partial charge in [0.15, 0.2) is 0 Å². The van der Waals surface area contributed by atoms with E-state index in [0.717, 1.165) is 22.3 Å². The number of aryl methyl sites for hydroxylation is 2. The van der Waals surface area contributed by atoms with Crippen molar-refractivity contribution in [2.75, 3.05) is 5.32 Å². The summed E-state index contributed by atoms with van der Waals surface area (Å²) in [6.07, 6.45) is 0. The minimum atomic E-state index is 0.911. The van der Waals surface area contributed by atoms with Crippen molar-refractivity contribution >= 4 is 28.3 Å². The molecule has 3 aromatic rings. The van der Waals surface area contributed by atoms with Gasteiger partial charge in [-0.2, -0.15) is 0 Å². The highest BCUT2D eigenvalue weighted by Gasteiger charge is 2.10. The molecule has 3 rings (SSSR count). The molecule has 0 amide bonds. The molecule has 0 aliphatic carbocycles. The first-order valence-corrected chi connectivity index (χ1v) is 9.39. The van der Waals surface area contributed by atoms with Gasteiger partial charge in [0.25, 0.3) is 0 Å². The topological polar surface area (TPSA) is 26.0 Å². The first-order valence-electron chi connectivity index (χ1n) is 8.40. The third-order valence-corrected chi connectivity index (χ3v) is 4.75. The quantitative estimate of drug-likeness (QED) is 0.540. The summed E-state index contributed by atoms with van der Waals surface area (Å²) < 4.78 is 0. The molecular formula is C22H23N2S+. The zero-order chi connectivity index (χ0) is 17.5. The molecule has 25 heavy (non-hydrogen) atoms. The largest absolute Gasteiger partial charge is 0.314 e. The Morgan fingerprint density at radius 1 is 0.840 bits per heavy atom. The van der Waals surface area contributed by atoms with Gasteiger partial charge in [-0.05, 0) is 66.6 Å². The Bertz CT molecular complexity index is 857. The summed E-state index contributed by atoms with van der Waals surface area (Å²) in [6, 6.07) is 27.4. The van der Waals surface area contributed by atoms with E-state index in [4.69, 9.17) is 0 Å². The summed E-state index contributed by atoms with van der Waals surface area (Å²) in [4.78, 5) is 3.53. The Morgan fingerprint density at radius 2 is 1.56 bits per heavy atom. The molecule has 0 bridgehead atoms. The number of hydrogen-bond donors (Lipinski definition) is 2. The van der Waals surface area contributed by atoms with Crippen LogP contribution in [0.3, 0.4) is 0 Å². The fraction of sp³-hybridized carbons (Fsp3) is 0.136. The average Bonchev–Trinajstić information content (AvgIpc) is 2.61. The zero-order valence-electron chi connectivity index (χ0n) is 14.6. The molecule has 126 valence electrons. The van der Waals surface area contributed by atoms with E-state index >= 15 is 0 Å². The predicted octanol–water partition coefficient (Wildman–Crippen LogP) is 4.42. The third-order valence-electron chi connectivity index (χ3n) is 3.78. The van der Waals surface area contributed by atoms with E-state index in [1.807, 2.05) is 0 Å². The summed E-state index contributed by atoms with van der Waals surface area (Å²) in [7, 11) is 0. The van der Waals surface area contributed by atoms with E-state index < -0.39 is 0 Å². The van der Waals surface area contributed by atoms with Gasteiger partial charge in [0.2, 0.25) is 0 Å². The molecule has 0 unspecified atom stereocenters. The maximum Gasteiger partial charge on any atom is 0.314 e. The van der Waals surface area contributed by atoms with Crippen LogP contribution in [0, 0.1) is 13.8 Å². The number of anilines is 1. The van der Waals surface area contributed by atoms with Crippen molar-refractivity contribution in [1.29, 1.82) is 0 Å². The van der Waals surface area contributed by atoms with Crippen molar-refractivity contribution in [2.24, 2.45) is 0 Å². The highest BCUT2D eigenvalue weighted by molar-refractivity contribution is 8.13. The molecule has 0 radical (unpaired) electrons. The van der Waals surface area contributed by atoms with Gasteiger partial charge in [0.05, 0.1) is 0 Å². The molecule has 0 spiro atoms. The maximum absolute atomic E-state index is 3.53. The number of thioether (sulfide) groups is 1. The minimum absolute atomic E-state index is 0.911. The second-order valence-electron chi connectivity index (χ2n) is 6.09. The summed E-state index contributed by atoms with van der Waals surface area (Å²) in [6.45, 7) is 4.21. The Labute approximate surface area is 154 Å². The highest BCUT2D eigenvalue weighted by atomic mass is 32.2. The Kier molecular flexibility index (Phi) is 5.91. The maximum atomic E-state index is 3.53. The normalized spacial score (nSPS) is 11.4. The van der Waals surface area contributed by atoms with Crippen LogP contribution in [-0.2, 0) is 5.75 Å². The second-order valence-corrected chi connectivity index (χ2v) is 7.08. The van der Waals surface area contributed by atoms with Crippen molar-refractivity contribution < 1.29 is 4.99 Å². The third kappa shape index (κ3) is 5.50. The molecule has 3 heteroatoms. The number of nitrogens with one attached hydrogen (secondary N) is 2. The van der Waals surface area contributed by atoms with Crippen molar-refractivity contribution in [1.82, 2.24) is 0 Å². The lowest BCUT2D eigenvalue weighted by molar-refractivity contribution is -0.350. The van der Waals surface area contributed by atoms with Crippen LogP contribution in [0.2, 0.25) is 0 Å². The van der Waals surface area contributed by atoms with E-state index in [1.54, 1.807) is 11.8 Å². The summed E-state index contributed by atoms with van der Waals surface area (Å²) in [5.74, 6) is 0.911. The minimum Gasteiger partial charge on any atom is -0.235 e. The molecule has 2 nitrogen and oxygen atoms in total. The van der Waals surface area contributed by atoms with Gasteiger partial charge >= 0.3 is 5.17 Å². The number of rotatable bonds is 4. The van der Waals surface area contributed by atoms with E-state index in [9.17, 15) is 0 Å². The van der Waals surface area contributed by atoms with Crippen molar-refractivity contribution in [2.45, 2.75) is 19.6 Å². The average molecular weight is 348 g/mol. The first-order chi connectivity index (χ1) is 12.2. The summed E-state index contributed by atoms with van der Waals surface area (Å²) >= 11 is 1.77. The lowest BCUT2D eigenvalue weighted by atomic mass is 10.2. The number of amidine groups is 1. The molecule has 3 aromatic carbocycles. The Hall–Kier alpha value is -2.52. The fourth-order valence-corrected chi connectivity index (χ4v) is 3.42.